The molecule has 0 aromatic heterocycles. The molecule has 2 rings (SSSR count). The van der Waals surface area contributed by atoms with Gasteiger partial charge in [0.25, 0.3) is 0 Å². The molecule has 0 unspecified atom stereocenters. The van der Waals surface area contributed by atoms with Crippen LogP contribution in [0.3, 0.4) is 0 Å². The summed E-state index contributed by atoms with van der Waals surface area (Å²) in [5, 5.41) is 14.3. The first-order valence-electron chi connectivity index (χ1n) is 6.58. The molecule has 0 bridgehead atoms. The first-order valence-corrected chi connectivity index (χ1v) is 8.91. The number of nitrogens with one attached hydrogen (secondary N) is 1. The van der Waals surface area contributed by atoms with E-state index in [1.807, 2.05) is 12.1 Å². The van der Waals surface area contributed by atoms with Crippen LogP contribution in [0, 0.1) is 0 Å². The SMILES string of the molecule is O=C(CSCc1ccc(Cl)cc1)Nc1ccc(Br)cc1C(=O)[O-]. The molecule has 0 aliphatic carbocycles. The molecule has 4 nitrogen and oxygen atoms in total. The van der Waals surface area contributed by atoms with Crippen LogP contribution >= 0.6 is 39.3 Å². The van der Waals surface area contributed by atoms with Crippen molar-refractivity contribution < 1.29 is 14.7 Å². The average Bonchev–Trinajstić information content (AvgIpc) is 2.51. The van der Waals surface area contributed by atoms with Gasteiger partial charge in [0, 0.05) is 26.5 Å². The first-order chi connectivity index (χ1) is 11.0. The van der Waals surface area contributed by atoms with Gasteiger partial charge in [0.1, 0.15) is 0 Å². The molecule has 0 aliphatic heterocycles. The fourth-order valence-electron chi connectivity index (χ4n) is 1.82. The Kier molecular flexibility index (Phi) is 6.50. The normalized spacial score (nSPS) is 10.3. The number of carboxylic acid groups (broad SMARTS) is 1. The molecule has 0 saturated carbocycles. The Morgan fingerprint density at radius 3 is 2.52 bits per heavy atom. The summed E-state index contributed by atoms with van der Waals surface area (Å²) < 4.78 is 0.604. The second-order valence-electron chi connectivity index (χ2n) is 4.64. The number of hydrogen-bond donors (Lipinski definition) is 1. The molecule has 0 heterocycles. The maximum Gasteiger partial charge on any atom is 0.234 e. The van der Waals surface area contributed by atoms with E-state index in [0.717, 1.165) is 5.56 Å². The Labute approximate surface area is 151 Å². The summed E-state index contributed by atoms with van der Waals surface area (Å²) in [5.74, 6) is -0.729. The van der Waals surface area contributed by atoms with Crippen molar-refractivity contribution in [2.24, 2.45) is 0 Å². The van der Waals surface area contributed by atoms with E-state index in [1.54, 1.807) is 18.2 Å². The lowest BCUT2D eigenvalue weighted by molar-refractivity contribution is -0.254. The molecular weight excluding hydrogens is 402 g/mol. The van der Waals surface area contributed by atoms with Crippen LogP contribution < -0.4 is 10.4 Å². The Morgan fingerprint density at radius 1 is 1.17 bits per heavy atom. The van der Waals surface area contributed by atoms with E-state index >= 15 is 0 Å². The molecule has 1 N–H and O–H groups in total. The minimum Gasteiger partial charge on any atom is -0.545 e. The highest BCUT2D eigenvalue weighted by atomic mass is 79.9. The zero-order chi connectivity index (χ0) is 16.8. The summed E-state index contributed by atoms with van der Waals surface area (Å²) in [4.78, 5) is 23.0. The van der Waals surface area contributed by atoms with Crippen LogP contribution in [0.15, 0.2) is 46.9 Å². The van der Waals surface area contributed by atoms with Crippen molar-refractivity contribution in [3.8, 4) is 0 Å². The number of benzene rings is 2. The lowest BCUT2D eigenvalue weighted by Gasteiger charge is -2.12. The molecule has 2 aromatic rings. The highest BCUT2D eigenvalue weighted by molar-refractivity contribution is 9.10. The number of halogens is 2. The summed E-state index contributed by atoms with van der Waals surface area (Å²) in [6, 6.07) is 12.0. The fourth-order valence-corrected chi connectivity index (χ4v) is 3.10. The summed E-state index contributed by atoms with van der Waals surface area (Å²) in [6.45, 7) is 0. The van der Waals surface area contributed by atoms with Crippen LogP contribution in [-0.4, -0.2) is 17.6 Å². The fraction of sp³-hybridized carbons (Fsp3) is 0.125. The zero-order valence-electron chi connectivity index (χ0n) is 11.8. The van der Waals surface area contributed by atoms with Crippen LogP contribution in [0.2, 0.25) is 5.02 Å². The van der Waals surface area contributed by atoms with Crippen molar-refractivity contribution in [1.82, 2.24) is 0 Å². The second-order valence-corrected chi connectivity index (χ2v) is 6.98. The van der Waals surface area contributed by atoms with Crippen molar-refractivity contribution in [1.29, 1.82) is 0 Å². The van der Waals surface area contributed by atoms with E-state index in [0.29, 0.717) is 15.2 Å². The van der Waals surface area contributed by atoms with Crippen LogP contribution in [0.1, 0.15) is 15.9 Å². The summed E-state index contributed by atoms with van der Waals surface area (Å²) in [7, 11) is 0. The van der Waals surface area contributed by atoms with Gasteiger partial charge in [-0.1, -0.05) is 39.7 Å². The van der Waals surface area contributed by atoms with Gasteiger partial charge in [-0.3, -0.25) is 4.79 Å². The summed E-state index contributed by atoms with van der Waals surface area (Å²) >= 11 is 10.4. The second kappa shape index (κ2) is 8.38. The van der Waals surface area contributed by atoms with Crippen molar-refractivity contribution in [3.63, 3.8) is 0 Å². The predicted octanol–water partition coefficient (Wildman–Crippen LogP) is 3.34. The zero-order valence-corrected chi connectivity index (χ0v) is 15.0. The number of anilines is 1. The van der Waals surface area contributed by atoms with Crippen LogP contribution in [0.4, 0.5) is 5.69 Å². The predicted molar refractivity (Wildman–Crippen MR) is 94.7 cm³/mol. The number of carbonyl (C=O) groups excluding carboxylic acids is 2. The highest BCUT2D eigenvalue weighted by Crippen LogP contribution is 2.21. The Balaban J connectivity index is 1.90. The maximum atomic E-state index is 11.9. The van der Waals surface area contributed by atoms with Gasteiger partial charge in [0.2, 0.25) is 5.91 Å². The van der Waals surface area contributed by atoms with Gasteiger partial charge in [-0.15, -0.1) is 11.8 Å². The van der Waals surface area contributed by atoms with Gasteiger partial charge in [-0.2, -0.15) is 0 Å². The third-order valence-corrected chi connectivity index (χ3v) is 4.64. The topological polar surface area (TPSA) is 69.2 Å². The van der Waals surface area contributed by atoms with Crippen molar-refractivity contribution >= 4 is 56.9 Å². The van der Waals surface area contributed by atoms with Gasteiger partial charge in [-0.25, -0.2) is 0 Å². The monoisotopic (exact) mass is 412 g/mol. The third kappa shape index (κ3) is 5.57. The van der Waals surface area contributed by atoms with Gasteiger partial charge in [-0.05, 0) is 35.9 Å². The van der Waals surface area contributed by atoms with Crippen LogP contribution in [0.25, 0.3) is 0 Å². The van der Waals surface area contributed by atoms with E-state index in [9.17, 15) is 14.7 Å². The molecule has 0 radical (unpaired) electrons. The van der Waals surface area contributed by atoms with Gasteiger partial charge in [0.05, 0.1) is 11.7 Å². The number of carboxylic acids is 1. The van der Waals surface area contributed by atoms with Crippen molar-refractivity contribution in [2.45, 2.75) is 5.75 Å². The molecular formula is C16H12BrClNO3S-. The molecule has 1 amide bonds. The molecule has 23 heavy (non-hydrogen) atoms. The number of aromatic carboxylic acids is 1. The molecule has 0 atom stereocenters. The van der Waals surface area contributed by atoms with E-state index in [1.165, 1.54) is 23.9 Å². The maximum absolute atomic E-state index is 11.9. The molecule has 0 spiro atoms. The summed E-state index contributed by atoms with van der Waals surface area (Å²) in [6.07, 6.45) is 0. The molecule has 7 heteroatoms. The highest BCUT2D eigenvalue weighted by Gasteiger charge is 2.09. The van der Waals surface area contributed by atoms with E-state index < -0.39 is 5.97 Å². The average molecular weight is 414 g/mol. The van der Waals surface area contributed by atoms with E-state index in [2.05, 4.69) is 21.2 Å². The van der Waals surface area contributed by atoms with Crippen molar-refractivity contribution in [3.05, 3.63) is 63.1 Å². The number of hydrogen-bond acceptors (Lipinski definition) is 4. The van der Waals surface area contributed by atoms with Crippen LogP contribution in [-0.2, 0) is 10.5 Å². The number of amides is 1. The third-order valence-electron chi connectivity index (χ3n) is 2.89. The Hall–Kier alpha value is -1.50. The van der Waals surface area contributed by atoms with Gasteiger partial charge >= 0.3 is 0 Å². The van der Waals surface area contributed by atoms with Crippen LogP contribution in [0.5, 0.6) is 0 Å². The molecule has 0 aliphatic rings. The number of carbonyl (C=O) groups is 2. The lowest BCUT2D eigenvalue weighted by Crippen LogP contribution is -2.25. The largest absolute Gasteiger partial charge is 0.545 e. The van der Waals surface area contributed by atoms with Gasteiger partial charge < -0.3 is 15.2 Å². The minimum atomic E-state index is -1.34. The number of thioether (sulfide) groups is 1. The Morgan fingerprint density at radius 2 is 1.87 bits per heavy atom. The quantitative estimate of drug-likeness (QED) is 0.788. The lowest BCUT2D eigenvalue weighted by atomic mass is 10.2. The van der Waals surface area contributed by atoms with E-state index in [4.69, 9.17) is 11.6 Å². The molecule has 0 fully saturated rings. The van der Waals surface area contributed by atoms with Gasteiger partial charge in [0.15, 0.2) is 0 Å². The first kappa shape index (κ1) is 17.8. The smallest absolute Gasteiger partial charge is 0.234 e. The standard InChI is InChI=1S/C16H13BrClNO3S/c17-11-3-6-14(13(7-11)16(21)22)19-15(20)9-23-8-10-1-4-12(18)5-2-10/h1-7H,8-9H2,(H,19,20)(H,21,22)/p-1. The minimum absolute atomic E-state index is 0.0598. The Bertz CT molecular complexity index is 722. The van der Waals surface area contributed by atoms with Crippen molar-refractivity contribution in [2.75, 3.05) is 11.1 Å². The summed E-state index contributed by atoms with van der Waals surface area (Å²) in [5.41, 5.74) is 1.23. The molecule has 0 saturated heterocycles. The molecule has 120 valence electrons. The molecule has 2 aromatic carbocycles. The number of rotatable bonds is 6. The van der Waals surface area contributed by atoms with E-state index in [-0.39, 0.29) is 22.9 Å².